The van der Waals surface area contributed by atoms with Crippen molar-refractivity contribution in [1.29, 1.82) is 0 Å². The number of hydrogen-bond donors (Lipinski definition) is 0. The van der Waals surface area contributed by atoms with Crippen LogP contribution in [0.2, 0.25) is 0 Å². The lowest BCUT2D eigenvalue weighted by Crippen LogP contribution is -1.95. The minimum atomic E-state index is 0.327. The molecule has 0 atom stereocenters. The highest BCUT2D eigenvalue weighted by Gasteiger charge is 2.07. The van der Waals surface area contributed by atoms with Gasteiger partial charge in [-0.2, -0.15) is 0 Å². The van der Waals surface area contributed by atoms with Gasteiger partial charge in [-0.1, -0.05) is 12.1 Å². The first-order valence-electron chi connectivity index (χ1n) is 4.37. The van der Waals surface area contributed by atoms with E-state index >= 15 is 0 Å². The van der Waals surface area contributed by atoms with Gasteiger partial charge in [0.25, 0.3) is 0 Å². The van der Waals surface area contributed by atoms with E-state index in [-0.39, 0.29) is 0 Å². The van der Waals surface area contributed by atoms with Crippen molar-refractivity contribution in [3.63, 3.8) is 0 Å². The van der Waals surface area contributed by atoms with Crippen LogP contribution in [-0.2, 0) is 11.3 Å². The number of carbonyl (C=O) groups excluding carboxylic acids is 1. The molecule has 0 N–H and O–H groups in total. The van der Waals surface area contributed by atoms with Gasteiger partial charge in [0.15, 0.2) is 0 Å². The molecule has 14 heavy (non-hydrogen) atoms. The Morgan fingerprint density at radius 1 is 1.43 bits per heavy atom. The fraction of sp³-hybridized carbons (Fsp3) is 0.364. The number of benzene rings is 1. The summed E-state index contributed by atoms with van der Waals surface area (Å²) in [4.78, 5) is 13.5. The van der Waals surface area contributed by atoms with Gasteiger partial charge in [0, 0.05) is 5.56 Å². The Morgan fingerprint density at radius 2 is 2.14 bits per heavy atom. The van der Waals surface area contributed by atoms with Gasteiger partial charge in [-0.15, -0.1) is 0 Å². The zero-order valence-corrected chi connectivity index (χ0v) is 8.63. The first-order chi connectivity index (χ1) is 6.70. The quantitative estimate of drug-likeness (QED) is 0.542. The molecule has 0 aromatic heterocycles. The lowest BCUT2D eigenvalue weighted by atomic mass is 10.0. The van der Waals surface area contributed by atoms with Crippen molar-refractivity contribution < 1.29 is 9.53 Å². The standard InChI is InChI=1S/C11H13NO2/c1-8-4-5-10(6-12-7-13)11(14-3)9(8)2/h4-5H,6H2,1-3H3. The minimum absolute atomic E-state index is 0.327. The lowest BCUT2D eigenvalue weighted by Gasteiger charge is -2.11. The topological polar surface area (TPSA) is 38.7 Å². The van der Waals surface area contributed by atoms with Crippen LogP contribution in [0.15, 0.2) is 17.1 Å². The van der Waals surface area contributed by atoms with Gasteiger partial charge in [-0.25, -0.2) is 9.79 Å². The lowest BCUT2D eigenvalue weighted by molar-refractivity contribution is 0.406. The van der Waals surface area contributed by atoms with Crippen molar-refractivity contribution in [3.05, 3.63) is 28.8 Å². The van der Waals surface area contributed by atoms with Crippen molar-refractivity contribution in [2.75, 3.05) is 7.11 Å². The monoisotopic (exact) mass is 191 g/mol. The van der Waals surface area contributed by atoms with Gasteiger partial charge in [0.05, 0.1) is 13.7 Å². The molecule has 1 aromatic rings. The fourth-order valence-electron chi connectivity index (χ4n) is 1.37. The Morgan fingerprint density at radius 3 is 2.71 bits per heavy atom. The van der Waals surface area contributed by atoms with Gasteiger partial charge < -0.3 is 4.74 Å². The Balaban J connectivity index is 3.16. The van der Waals surface area contributed by atoms with Crippen LogP contribution in [-0.4, -0.2) is 13.2 Å². The number of aliphatic imine (C=N–C) groups is 1. The molecule has 3 heteroatoms. The third-order valence-electron chi connectivity index (χ3n) is 2.28. The maximum absolute atomic E-state index is 10.00. The van der Waals surface area contributed by atoms with Gasteiger partial charge in [0.1, 0.15) is 5.75 Å². The molecule has 3 nitrogen and oxygen atoms in total. The summed E-state index contributed by atoms with van der Waals surface area (Å²) in [5.41, 5.74) is 3.17. The SMILES string of the molecule is COc1c(CN=C=O)ccc(C)c1C. The van der Waals surface area contributed by atoms with Crippen LogP contribution in [0.1, 0.15) is 16.7 Å². The van der Waals surface area contributed by atoms with Crippen LogP contribution < -0.4 is 4.74 Å². The molecular weight excluding hydrogens is 178 g/mol. The normalized spacial score (nSPS) is 9.36. The summed E-state index contributed by atoms with van der Waals surface area (Å²) in [5.74, 6) is 0.809. The summed E-state index contributed by atoms with van der Waals surface area (Å²) in [6, 6.07) is 3.91. The van der Waals surface area contributed by atoms with E-state index in [9.17, 15) is 4.79 Å². The molecule has 0 fully saturated rings. The number of nitrogens with zero attached hydrogens (tertiary/aromatic N) is 1. The molecule has 0 unspecified atom stereocenters. The van der Waals surface area contributed by atoms with E-state index in [2.05, 4.69) is 4.99 Å². The highest BCUT2D eigenvalue weighted by molar-refractivity contribution is 5.46. The molecule has 0 aliphatic rings. The van der Waals surface area contributed by atoms with Gasteiger partial charge in [-0.05, 0) is 25.0 Å². The number of hydrogen-bond acceptors (Lipinski definition) is 3. The highest BCUT2D eigenvalue weighted by Crippen LogP contribution is 2.26. The number of ether oxygens (including phenoxy) is 1. The maximum atomic E-state index is 10.00. The van der Waals surface area contributed by atoms with E-state index in [1.807, 2.05) is 26.0 Å². The Bertz CT molecular complexity index is 379. The second kappa shape index (κ2) is 4.58. The first-order valence-corrected chi connectivity index (χ1v) is 4.37. The van der Waals surface area contributed by atoms with Crippen LogP contribution in [0.25, 0.3) is 0 Å². The molecule has 0 aliphatic heterocycles. The maximum Gasteiger partial charge on any atom is 0.235 e. The molecule has 1 aromatic carbocycles. The average Bonchev–Trinajstić information content (AvgIpc) is 2.20. The summed E-state index contributed by atoms with van der Waals surface area (Å²) in [7, 11) is 1.62. The summed E-state index contributed by atoms with van der Waals surface area (Å²) < 4.78 is 5.26. The molecule has 0 bridgehead atoms. The molecule has 0 amide bonds. The van der Waals surface area contributed by atoms with Crippen molar-refractivity contribution in [1.82, 2.24) is 0 Å². The molecule has 0 heterocycles. The first kappa shape index (κ1) is 10.5. The van der Waals surface area contributed by atoms with Crippen LogP contribution in [0, 0.1) is 13.8 Å². The van der Waals surface area contributed by atoms with Crippen LogP contribution in [0.3, 0.4) is 0 Å². The van der Waals surface area contributed by atoms with E-state index in [1.165, 1.54) is 11.6 Å². The van der Waals surface area contributed by atoms with E-state index in [0.717, 1.165) is 16.9 Å². The Kier molecular flexibility index (Phi) is 3.43. The molecule has 0 saturated heterocycles. The zero-order valence-electron chi connectivity index (χ0n) is 8.63. The summed E-state index contributed by atoms with van der Waals surface area (Å²) >= 11 is 0. The fourth-order valence-corrected chi connectivity index (χ4v) is 1.37. The second-order valence-corrected chi connectivity index (χ2v) is 3.11. The van der Waals surface area contributed by atoms with E-state index in [4.69, 9.17) is 4.74 Å². The van der Waals surface area contributed by atoms with E-state index in [1.54, 1.807) is 7.11 Å². The van der Waals surface area contributed by atoms with Gasteiger partial charge >= 0.3 is 0 Å². The molecule has 0 radical (unpaired) electrons. The van der Waals surface area contributed by atoms with Crippen LogP contribution in [0.5, 0.6) is 5.75 Å². The van der Waals surface area contributed by atoms with E-state index in [0.29, 0.717) is 6.54 Å². The molecule has 1 rings (SSSR count). The van der Waals surface area contributed by atoms with Crippen molar-refractivity contribution in [3.8, 4) is 5.75 Å². The Labute approximate surface area is 83.4 Å². The van der Waals surface area contributed by atoms with Crippen molar-refractivity contribution in [2.45, 2.75) is 20.4 Å². The summed E-state index contributed by atoms with van der Waals surface area (Å²) in [6.07, 6.45) is 1.52. The summed E-state index contributed by atoms with van der Waals surface area (Å²) in [6.45, 7) is 4.33. The largest absolute Gasteiger partial charge is 0.496 e. The Hall–Kier alpha value is -1.60. The summed E-state index contributed by atoms with van der Waals surface area (Å²) in [5, 5.41) is 0. The van der Waals surface area contributed by atoms with Crippen LogP contribution >= 0.6 is 0 Å². The van der Waals surface area contributed by atoms with Crippen molar-refractivity contribution in [2.24, 2.45) is 4.99 Å². The zero-order chi connectivity index (χ0) is 10.6. The van der Waals surface area contributed by atoms with Gasteiger partial charge in [-0.3, -0.25) is 0 Å². The third-order valence-corrected chi connectivity index (χ3v) is 2.28. The average molecular weight is 191 g/mol. The van der Waals surface area contributed by atoms with Gasteiger partial charge in [0.2, 0.25) is 6.08 Å². The number of rotatable bonds is 3. The van der Waals surface area contributed by atoms with Crippen LogP contribution in [0.4, 0.5) is 0 Å². The molecule has 0 spiro atoms. The smallest absolute Gasteiger partial charge is 0.235 e. The molecule has 0 aliphatic carbocycles. The number of isocyanates is 1. The highest BCUT2D eigenvalue weighted by atomic mass is 16.5. The number of methoxy groups -OCH3 is 1. The molecular formula is C11H13NO2. The predicted molar refractivity (Wildman–Crippen MR) is 54.3 cm³/mol. The molecule has 74 valence electrons. The second-order valence-electron chi connectivity index (χ2n) is 3.11. The third kappa shape index (κ3) is 2.01. The predicted octanol–water partition coefficient (Wildman–Crippen LogP) is 2.15. The number of aryl methyl sites for hydroxylation is 1. The van der Waals surface area contributed by atoms with E-state index < -0.39 is 0 Å². The molecule has 0 saturated carbocycles. The minimum Gasteiger partial charge on any atom is -0.496 e. The van der Waals surface area contributed by atoms with Crippen molar-refractivity contribution >= 4 is 6.08 Å².